The summed E-state index contributed by atoms with van der Waals surface area (Å²) in [6.45, 7) is 4.00. The molecule has 0 saturated heterocycles. The number of hydrogen-bond donors (Lipinski definition) is 1. The second kappa shape index (κ2) is 4.88. The predicted molar refractivity (Wildman–Crippen MR) is 85.6 cm³/mol. The molecule has 21 heavy (non-hydrogen) atoms. The molecule has 0 radical (unpaired) electrons. The van der Waals surface area contributed by atoms with E-state index in [1.807, 2.05) is 19.2 Å². The van der Waals surface area contributed by atoms with Crippen LogP contribution in [0.5, 0.6) is 0 Å². The Bertz CT molecular complexity index is 702. The van der Waals surface area contributed by atoms with E-state index in [0.29, 0.717) is 11.0 Å². The number of rotatable bonds is 4. The van der Waals surface area contributed by atoms with E-state index in [1.165, 1.54) is 24.2 Å². The maximum absolute atomic E-state index is 12.2. The van der Waals surface area contributed by atoms with Crippen LogP contribution in [0.2, 0.25) is 0 Å². The summed E-state index contributed by atoms with van der Waals surface area (Å²) in [5.74, 6) is 1.87. The van der Waals surface area contributed by atoms with Crippen molar-refractivity contribution in [1.29, 1.82) is 0 Å². The number of carbonyl (C=O) groups excluding carboxylic acids is 1. The molecule has 2 atom stereocenters. The van der Waals surface area contributed by atoms with Gasteiger partial charge in [0.2, 0.25) is 5.91 Å². The first-order valence-electron chi connectivity index (χ1n) is 7.32. The number of anilines is 1. The number of aromatic nitrogens is 2. The molecule has 0 bridgehead atoms. The average Bonchev–Trinajstić information content (AvgIpc) is 3.31. The van der Waals surface area contributed by atoms with Crippen LogP contribution in [-0.2, 0) is 4.79 Å². The second-order valence-corrected chi connectivity index (χ2v) is 8.08. The second-order valence-electron chi connectivity index (χ2n) is 6.02. The molecule has 4 rings (SSSR count). The Hall–Kier alpha value is -1.27. The van der Waals surface area contributed by atoms with Gasteiger partial charge in [-0.25, -0.2) is 9.97 Å². The quantitative estimate of drug-likeness (QED) is 0.931. The molecule has 2 aliphatic carbocycles. The Kier molecular flexibility index (Phi) is 3.11. The Balaban J connectivity index is 1.45. The first-order valence-corrected chi connectivity index (χ1v) is 9.02. The van der Waals surface area contributed by atoms with Gasteiger partial charge in [0, 0.05) is 11.3 Å². The fourth-order valence-electron chi connectivity index (χ4n) is 2.96. The number of carbonyl (C=O) groups is 1. The van der Waals surface area contributed by atoms with Crippen LogP contribution in [0.4, 0.5) is 5.13 Å². The minimum atomic E-state index is 0.157. The first-order chi connectivity index (χ1) is 10.1. The third kappa shape index (κ3) is 2.62. The van der Waals surface area contributed by atoms with Gasteiger partial charge in [-0.15, -0.1) is 22.7 Å². The summed E-state index contributed by atoms with van der Waals surface area (Å²) in [5, 5.41) is 6.74. The lowest BCUT2D eigenvalue weighted by molar-refractivity contribution is -0.117. The van der Waals surface area contributed by atoms with Crippen LogP contribution in [0.3, 0.4) is 0 Å². The SMILES string of the molecule is Cc1nc(C)c(-c2csc(NC(=O)C3CC3C3CC3)n2)s1. The lowest BCUT2D eigenvalue weighted by Crippen LogP contribution is -2.14. The zero-order chi connectivity index (χ0) is 14.6. The highest BCUT2D eigenvalue weighted by Gasteiger charge is 2.51. The number of hydrogen-bond acceptors (Lipinski definition) is 5. The van der Waals surface area contributed by atoms with Gasteiger partial charge in [-0.1, -0.05) is 0 Å². The molecule has 0 spiro atoms. The monoisotopic (exact) mass is 319 g/mol. The normalized spacial score (nSPS) is 24.1. The fraction of sp³-hybridized carbons (Fsp3) is 0.533. The molecule has 2 aliphatic rings. The summed E-state index contributed by atoms with van der Waals surface area (Å²) in [4.78, 5) is 22.3. The lowest BCUT2D eigenvalue weighted by Gasteiger charge is -2.00. The molecule has 110 valence electrons. The van der Waals surface area contributed by atoms with Gasteiger partial charge in [-0.05, 0) is 44.9 Å². The Labute approximate surface area is 131 Å². The van der Waals surface area contributed by atoms with Crippen LogP contribution in [-0.4, -0.2) is 15.9 Å². The minimum absolute atomic E-state index is 0.157. The zero-order valence-electron chi connectivity index (χ0n) is 12.0. The number of aryl methyl sites for hydroxylation is 2. The van der Waals surface area contributed by atoms with E-state index in [-0.39, 0.29) is 11.8 Å². The van der Waals surface area contributed by atoms with Crippen molar-refractivity contribution >= 4 is 33.7 Å². The van der Waals surface area contributed by atoms with Crippen molar-refractivity contribution in [3.8, 4) is 10.6 Å². The van der Waals surface area contributed by atoms with Crippen LogP contribution in [0.25, 0.3) is 10.6 Å². The van der Waals surface area contributed by atoms with Crippen LogP contribution < -0.4 is 5.32 Å². The van der Waals surface area contributed by atoms with Crippen molar-refractivity contribution in [2.75, 3.05) is 5.32 Å². The minimum Gasteiger partial charge on any atom is -0.302 e. The maximum Gasteiger partial charge on any atom is 0.229 e. The van der Waals surface area contributed by atoms with Gasteiger partial charge < -0.3 is 5.32 Å². The first kappa shape index (κ1) is 13.4. The lowest BCUT2D eigenvalue weighted by atomic mass is 10.2. The average molecular weight is 319 g/mol. The molecule has 2 fully saturated rings. The van der Waals surface area contributed by atoms with Crippen molar-refractivity contribution in [3.63, 3.8) is 0 Å². The van der Waals surface area contributed by atoms with Crippen LogP contribution >= 0.6 is 22.7 Å². The number of nitrogens with one attached hydrogen (secondary N) is 1. The molecule has 2 saturated carbocycles. The molecule has 0 aromatic carbocycles. The van der Waals surface area contributed by atoms with E-state index < -0.39 is 0 Å². The van der Waals surface area contributed by atoms with Crippen LogP contribution in [0.15, 0.2) is 5.38 Å². The van der Waals surface area contributed by atoms with E-state index in [4.69, 9.17) is 0 Å². The molecule has 1 amide bonds. The molecule has 2 unspecified atom stereocenters. The fourth-order valence-corrected chi connectivity index (χ4v) is 4.62. The molecule has 2 heterocycles. The molecule has 4 nitrogen and oxygen atoms in total. The highest BCUT2D eigenvalue weighted by molar-refractivity contribution is 7.16. The summed E-state index contributed by atoms with van der Waals surface area (Å²) in [5.41, 5.74) is 1.93. The summed E-state index contributed by atoms with van der Waals surface area (Å²) < 4.78 is 0. The summed E-state index contributed by atoms with van der Waals surface area (Å²) in [6.07, 6.45) is 3.71. The van der Waals surface area contributed by atoms with E-state index in [0.717, 1.165) is 33.6 Å². The predicted octanol–water partition coefficient (Wildman–Crippen LogP) is 3.87. The molecule has 2 aromatic rings. The van der Waals surface area contributed by atoms with Crippen molar-refractivity contribution in [3.05, 3.63) is 16.1 Å². The Morgan fingerprint density at radius 2 is 2.14 bits per heavy atom. The van der Waals surface area contributed by atoms with Gasteiger partial charge in [0.15, 0.2) is 5.13 Å². The van der Waals surface area contributed by atoms with Crippen molar-refractivity contribution in [2.45, 2.75) is 33.1 Å². The smallest absolute Gasteiger partial charge is 0.229 e. The summed E-state index contributed by atoms with van der Waals surface area (Å²) >= 11 is 3.15. The van der Waals surface area contributed by atoms with E-state index in [2.05, 4.69) is 15.3 Å². The van der Waals surface area contributed by atoms with Crippen molar-refractivity contribution in [2.24, 2.45) is 17.8 Å². The summed E-state index contributed by atoms with van der Waals surface area (Å²) in [6, 6.07) is 0. The molecule has 2 aromatic heterocycles. The Morgan fingerprint density at radius 3 is 2.81 bits per heavy atom. The topological polar surface area (TPSA) is 54.9 Å². The molecule has 1 N–H and O–H groups in total. The third-order valence-electron chi connectivity index (χ3n) is 4.27. The van der Waals surface area contributed by atoms with E-state index >= 15 is 0 Å². The van der Waals surface area contributed by atoms with Crippen LogP contribution in [0.1, 0.15) is 30.0 Å². The van der Waals surface area contributed by atoms with Gasteiger partial charge in [0.25, 0.3) is 0 Å². The van der Waals surface area contributed by atoms with Crippen molar-refractivity contribution in [1.82, 2.24) is 9.97 Å². The molecular formula is C15H17N3OS2. The molecular weight excluding hydrogens is 302 g/mol. The molecule has 6 heteroatoms. The van der Waals surface area contributed by atoms with E-state index in [1.54, 1.807) is 11.3 Å². The summed E-state index contributed by atoms with van der Waals surface area (Å²) in [7, 11) is 0. The van der Waals surface area contributed by atoms with Gasteiger partial charge in [-0.2, -0.15) is 0 Å². The maximum atomic E-state index is 12.2. The number of amides is 1. The van der Waals surface area contributed by atoms with Gasteiger partial charge >= 0.3 is 0 Å². The molecule has 0 aliphatic heterocycles. The van der Waals surface area contributed by atoms with Crippen molar-refractivity contribution < 1.29 is 4.79 Å². The van der Waals surface area contributed by atoms with Gasteiger partial charge in [0.1, 0.15) is 0 Å². The Morgan fingerprint density at radius 1 is 1.33 bits per heavy atom. The zero-order valence-corrected chi connectivity index (χ0v) is 13.7. The highest BCUT2D eigenvalue weighted by atomic mass is 32.1. The van der Waals surface area contributed by atoms with Gasteiger partial charge in [-0.3, -0.25) is 4.79 Å². The van der Waals surface area contributed by atoms with Gasteiger partial charge in [0.05, 0.1) is 21.3 Å². The standard InChI is InChI=1S/C15H17N3OS2/c1-7-13(21-8(2)16-7)12-6-20-15(17-12)18-14(19)11-5-10(11)9-3-4-9/h6,9-11H,3-5H2,1-2H3,(H,17,18,19). The number of thiazole rings is 2. The number of nitrogens with zero attached hydrogens (tertiary/aromatic N) is 2. The third-order valence-corrected chi connectivity index (χ3v) is 6.13. The van der Waals surface area contributed by atoms with E-state index in [9.17, 15) is 4.79 Å². The van der Waals surface area contributed by atoms with Crippen LogP contribution in [0, 0.1) is 31.6 Å². The highest BCUT2D eigenvalue weighted by Crippen LogP contribution is 2.54. The largest absolute Gasteiger partial charge is 0.302 e.